The molecule has 8 heteroatoms. The van der Waals surface area contributed by atoms with Gasteiger partial charge in [0.05, 0.1) is 30.5 Å². The van der Waals surface area contributed by atoms with Gasteiger partial charge in [0.1, 0.15) is 6.54 Å². The van der Waals surface area contributed by atoms with Gasteiger partial charge in [-0.1, -0.05) is 13.8 Å². The number of nitrogens with zero attached hydrogens (tertiary/aromatic N) is 3. The van der Waals surface area contributed by atoms with Gasteiger partial charge in [-0.05, 0) is 12.8 Å². The van der Waals surface area contributed by atoms with Crippen molar-refractivity contribution in [2.45, 2.75) is 33.2 Å². The molecule has 0 unspecified atom stereocenters. The molecule has 0 radical (unpaired) electrons. The van der Waals surface area contributed by atoms with E-state index < -0.39 is 5.41 Å². The van der Waals surface area contributed by atoms with E-state index in [1.165, 1.54) is 4.68 Å². The smallest absolute Gasteiger partial charge is 0.244 e. The largest absolute Gasteiger partial charge is 0.378 e. The van der Waals surface area contributed by atoms with Crippen LogP contribution < -0.4 is 11.1 Å². The first kappa shape index (κ1) is 18.4. The number of anilines is 1. The van der Waals surface area contributed by atoms with Crippen LogP contribution in [0, 0.1) is 5.41 Å². The lowest BCUT2D eigenvalue weighted by molar-refractivity contribution is -0.136. The standard InChI is InChI=1S/C16H27N5O3/c1-3-16(4-2,12-17)15(23)19-13-9-18-21(10-13)11-14(22)20-5-7-24-8-6-20/h9-10H,3-8,11-12,17H2,1-2H3,(H,19,23). The van der Waals surface area contributed by atoms with Crippen LogP contribution in [-0.2, 0) is 20.9 Å². The average Bonchev–Trinajstić information content (AvgIpc) is 3.04. The Hall–Kier alpha value is -1.93. The second kappa shape index (κ2) is 8.25. The minimum Gasteiger partial charge on any atom is -0.378 e. The predicted molar refractivity (Wildman–Crippen MR) is 90.3 cm³/mol. The molecule has 1 aromatic heterocycles. The molecular weight excluding hydrogens is 310 g/mol. The molecule has 1 fully saturated rings. The summed E-state index contributed by atoms with van der Waals surface area (Å²) in [4.78, 5) is 26.5. The lowest BCUT2D eigenvalue weighted by Gasteiger charge is -2.28. The summed E-state index contributed by atoms with van der Waals surface area (Å²) in [6, 6.07) is 0. The van der Waals surface area contributed by atoms with Crippen LogP contribution in [0.2, 0.25) is 0 Å². The normalized spacial score (nSPS) is 15.4. The third-order valence-electron chi connectivity index (χ3n) is 4.78. The molecule has 134 valence electrons. The van der Waals surface area contributed by atoms with Gasteiger partial charge in [-0.25, -0.2) is 0 Å². The number of morpholine rings is 1. The lowest BCUT2D eigenvalue weighted by Crippen LogP contribution is -2.42. The molecule has 0 atom stereocenters. The van der Waals surface area contributed by atoms with Crippen molar-refractivity contribution < 1.29 is 14.3 Å². The number of carbonyl (C=O) groups excluding carboxylic acids is 2. The van der Waals surface area contributed by atoms with Gasteiger partial charge < -0.3 is 20.7 Å². The number of ether oxygens (including phenoxy) is 1. The fourth-order valence-corrected chi connectivity index (χ4v) is 2.78. The van der Waals surface area contributed by atoms with E-state index >= 15 is 0 Å². The molecule has 1 saturated heterocycles. The number of rotatable bonds is 7. The molecule has 3 N–H and O–H groups in total. The van der Waals surface area contributed by atoms with E-state index in [1.807, 2.05) is 13.8 Å². The predicted octanol–water partition coefficient (Wildman–Crippen LogP) is 0.446. The number of hydrogen-bond donors (Lipinski definition) is 2. The van der Waals surface area contributed by atoms with Gasteiger partial charge in [0.25, 0.3) is 0 Å². The van der Waals surface area contributed by atoms with E-state index in [-0.39, 0.29) is 18.4 Å². The summed E-state index contributed by atoms with van der Waals surface area (Å²) < 4.78 is 6.77. The third-order valence-corrected chi connectivity index (χ3v) is 4.78. The van der Waals surface area contributed by atoms with Gasteiger partial charge in [0, 0.05) is 25.8 Å². The van der Waals surface area contributed by atoms with Gasteiger partial charge in [-0.2, -0.15) is 5.10 Å². The summed E-state index contributed by atoms with van der Waals surface area (Å²) in [5.41, 5.74) is 5.81. The number of amides is 2. The maximum absolute atomic E-state index is 12.5. The summed E-state index contributed by atoms with van der Waals surface area (Å²) in [7, 11) is 0. The molecular formula is C16H27N5O3. The Bertz CT molecular complexity index is 554. The summed E-state index contributed by atoms with van der Waals surface area (Å²) >= 11 is 0. The van der Waals surface area contributed by atoms with Crippen molar-refractivity contribution in [3.8, 4) is 0 Å². The van der Waals surface area contributed by atoms with E-state index in [4.69, 9.17) is 10.5 Å². The molecule has 2 rings (SSSR count). The molecule has 2 heterocycles. The third kappa shape index (κ3) is 4.12. The molecule has 1 aliphatic rings. The van der Waals surface area contributed by atoms with Crippen LogP contribution in [0.1, 0.15) is 26.7 Å². The number of nitrogens with one attached hydrogen (secondary N) is 1. The van der Waals surface area contributed by atoms with Crippen molar-refractivity contribution >= 4 is 17.5 Å². The highest BCUT2D eigenvalue weighted by atomic mass is 16.5. The van der Waals surface area contributed by atoms with Crippen molar-refractivity contribution in [3.05, 3.63) is 12.4 Å². The van der Waals surface area contributed by atoms with Gasteiger partial charge in [-0.3, -0.25) is 14.3 Å². The van der Waals surface area contributed by atoms with Crippen molar-refractivity contribution in [1.82, 2.24) is 14.7 Å². The summed E-state index contributed by atoms with van der Waals surface area (Å²) in [5.74, 6) is -0.105. The zero-order chi connectivity index (χ0) is 17.6. The molecule has 0 aliphatic carbocycles. The lowest BCUT2D eigenvalue weighted by atomic mass is 9.81. The molecule has 24 heavy (non-hydrogen) atoms. The maximum atomic E-state index is 12.5. The Balaban J connectivity index is 1.95. The summed E-state index contributed by atoms with van der Waals surface area (Å²) in [6.07, 6.45) is 4.57. The molecule has 2 amide bonds. The molecule has 0 saturated carbocycles. The van der Waals surface area contributed by atoms with Crippen LogP contribution in [-0.4, -0.2) is 59.3 Å². The Labute approximate surface area is 142 Å². The van der Waals surface area contributed by atoms with Crippen LogP contribution in [0.15, 0.2) is 12.4 Å². The van der Waals surface area contributed by atoms with Crippen molar-refractivity contribution in [2.75, 3.05) is 38.2 Å². The quantitative estimate of drug-likeness (QED) is 0.752. The average molecular weight is 337 g/mol. The van der Waals surface area contributed by atoms with Crippen LogP contribution in [0.25, 0.3) is 0 Å². The van der Waals surface area contributed by atoms with Crippen LogP contribution in [0.3, 0.4) is 0 Å². The van der Waals surface area contributed by atoms with Gasteiger partial charge in [0.2, 0.25) is 11.8 Å². The van der Waals surface area contributed by atoms with Crippen molar-refractivity contribution in [2.24, 2.45) is 11.1 Å². The van der Waals surface area contributed by atoms with E-state index in [2.05, 4.69) is 10.4 Å². The first-order valence-electron chi connectivity index (χ1n) is 8.44. The molecule has 1 aromatic rings. The van der Waals surface area contributed by atoms with Gasteiger partial charge >= 0.3 is 0 Å². The number of nitrogens with two attached hydrogens (primary N) is 1. The van der Waals surface area contributed by atoms with Gasteiger partial charge in [0.15, 0.2) is 0 Å². The first-order valence-corrected chi connectivity index (χ1v) is 8.44. The second-order valence-electron chi connectivity index (χ2n) is 6.07. The van der Waals surface area contributed by atoms with Crippen LogP contribution in [0.5, 0.6) is 0 Å². The number of hydrogen-bond acceptors (Lipinski definition) is 5. The van der Waals surface area contributed by atoms with E-state index in [0.29, 0.717) is 51.4 Å². The van der Waals surface area contributed by atoms with Crippen LogP contribution >= 0.6 is 0 Å². The van der Waals surface area contributed by atoms with E-state index in [1.54, 1.807) is 17.3 Å². The van der Waals surface area contributed by atoms with Crippen LogP contribution in [0.4, 0.5) is 5.69 Å². The first-order chi connectivity index (χ1) is 11.5. The number of carbonyl (C=O) groups is 2. The fourth-order valence-electron chi connectivity index (χ4n) is 2.78. The highest BCUT2D eigenvalue weighted by molar-refractivity contribution is 5.95. The zero-order valence-electron chi connectivity index (χ0n) is 14.5. The molecule has 8 nitrogen and oxygen atoms in total. The summed E-state index contributed by atoms with van der Waals surface area (Å²) in [5, 5.41) is 7.02. The second-order valence-corrected chi connectivity index (χ2v) is 6.07. The molecule has 0 bridgehead atoms. The Kier molecular flexibility index (Phi) is 6.33. The minimum atomic E-state index is -0.564. The molecule has 0 spiro atoms. The monoisotopic (exact) mass is 337 g/mol. The minimum absolute atomic E-state index is 0.00213. The Morgan fingerprint density at radius 3 is 2.58 bits per heavy atom. The fraction of sp³-hybridized carbons (Fsp3) is 0.688. The Morgan fingerprint density at radius 2 is 2.00 bits per heavy atom. The van der Waals surface area contributed by atoms with Gasteiger partial charge in [-0.15, -0.1) is 0 Å². The maximum Gasteiger partial charge on any atom is 0.244 e. The van der Waals surface area contributed by atoms with Crippen molar-refractivity contribution in [3.63, 3.8) is 0 Å². The van der Waals surface area contributed by atoms with Crippen molar-refractivity contribution in [1.29, 1.82) is 0 Å². The summed E-state index contributed by atoms with van der Waals surface area (Å²) in [6.45, 7) is 6.73. The highest BCUT2D eigenvalue weighted by Gasteiger charge is 2.33. The zero-order valence-corrected chi connectivity index (χ0v) is 14.5. The van der Waals surface area contributed by atoms with E-state index in [0.717, 1.165) is 0 Å². The Morgan fingerprint density at radius 1 is 1.33 bits per heavy atom. The molecule has 1 aliphatic heterocycles. The highest BCUT2D eigenvalue weighted by Crippen LogP contribution is 2.26. The topological polar surface area (TPSA) is 102 Å². The number of aromatic nitrogens is 2. The molecule has 0 aromatic carbocycles. The SMILES string of the molecule is CCC(CC)(CN)C(=O)Nc1cnn(CC(=O)N2CCOCC2)c1. The van der Waals surface area contributed by atoms with E-state index in [9.17, 15) is 9.59 Å².